The lowest BCUT2D eigenvalue weighted by Gasteiger charge is -2.27. The summed E-state index contributed by atoms with van der Waals surface area (Å²) < 4.78 is 125. The first kappa shape index (κ1) is 45.6. The van der Waals surface area contributed by atoms with E-state index in [1.807, 2.05) is 0 Å². The van der Waals surface area contributed by atoms with Crippen molar-refractivity contribution in [2.75, 3.05) is 48.7 Å². The number of anilines is 1. The topological polar surface area (TPSA) is 170 Å². The molecule has 1 amide bonds. The van der Waals surface area contributed by atoms with Crippen molar-refractivity contribution in [1.82, 2.24) is 39.3 Å². The molecular formula is C41H40ClF6N9O5S2. The summed E-state index contributed by atoms with van der Waals surface area (Å²) >= 11 is 4.20. The van der Waals surface area contributed by atoms with E-state index < -0.39 is 101 Å². The molecule has 64 heavy (non-hydrogen) atoms. The maximum atomic E-state index is 15.5. The molecule has 14 nitrogen and oxygen atoms in total. The van der Waals surface area contributed by atoms with Gasteiger partial charge in [-0.2, -0.15) is 18.6 Å². The highest BCUT2D eigenvalue weighted by atomic mass is 35.5. The van der Waals surface area contributed by atoms with Gasteiger partial charge in [0.05, 0.1) is 49.9 Å². The second kappa shape index (κ2) is 18.1. The van der Waals surface area contributed by atoms with Crippen LogP contribution in [-0.4, -0.2) is 93.0 Å². The molecule has 0 spiro atoms. The van der Waals surface area contributed by atoms with E-state index >= 15 is 8.78 Å². The fourth-order valence-corrected chi connectivity index (χ4v) is 10.1. The van der Waals surface area contributed by atoms with Crippen molar-refractivity contribution in [3.05, 3.63) is 104 Å². The summed E-state index contributed by atoms with van der Waals surface area (Å²) in [5.41, 5.74) is -2.36. The third-order valence-corrected chi connectivity index (χ3v) is 13.3. The zero-order valence-electron chi connectivity index (χ0n) is 34.3. The Balaban J connectivity index is 1.28. The van der Waals surface area contributed by atoms with Gasteiger partial charge in [0.15, 0.2) is 0 Å². The minimum Gasteiger partial charge on any atom is -0.616 e. The molecule has 2 aliphatic rings. The first-order chi connectivity index (χ1) is 30.4. The molecule has 3 aromatic carbocycles. The van der Waals surface area contributed by atoms with Gasteiger partial charge in [0.1, 0.15) is 65.5 Å². The Morgan fingerprint density at radius 2 is 1.81 bits per heavy atom. The number of ether oxygens (including phenoxy) is 1. The highest BCUT2D eigenvalue weighted by Gasteiger charge is 2.51. The van der Waals surface area contributed by atoms with Crippen LogP contribution in [0, 0.1) is 17.6 Å². The van der Waals surface area contributed by atoms with E-state index in [1.165, 1.54) is 42.1 Å². The van der Waals surface area contributed by atoms with Crippen LogP contribution in [0.15, 0.2) is 53.3 Å². The van der Waals surface area contributed by atoms with Crippen LogP contribution in [-0.2, 0) is 59.7 Å². The smallest absolute Gasteiger partial charge is 0.292 e. The van der Waals surface area contributed by atoms with Gasteiger partial charge >= 0.3 is 0 Å². The Kier molecular flexibility index (Phi) is 12.9. The van der Waals surface area contributed by atoms with Gasteiger partial charge in [0, 0.05) is 56.7 Å². The number of benzene rings is 3. The lowest BCUT2D eigenvalue weighted by atomic mass is 10.0. The summed E-state index contributed by atoms with van der Waals surface area (Å²) in [6.45, 7) is 2.25. The van der Waals surface area contributed by atoms with Crippen LogP contribution < -0.4 is 20.3 Å². The quantitative estimate of drug-likeness (QED) is 0.0995. The molecular weight excluding hydrogens is 912 g/mol. The number of hydrogen-bond donors (Lipinski definition) is 2. The van der Waals surface area contributed by atoms with Gasteiger partial charge in [-0.3, -0.25) is 28.4 Å². The molecule has 0 radical (unpaired) electrons. The van der Waals surface area contributed by atoms with Gasteiger partial charge in [-0.05, 0) is 48.4 Å². The lowest BCUT2D eigenvalue weighted by Crippen LogP contribution is -2.42. The molecule has 3 atom stereocenters. The van der Waals surface area contributed by atoms with E-state index in [9.17, 15) is 36.3 Å². The summed E-state index contributed by atoms with van der Waals surface area (Å²) in [6, 6.07) is 8.64. The largest absolute Gasteiger partial charge is 0.616 e. The zero-order valence-corrected chi connectivity index (χ0v) is 36.7. The molecule has 1 fully saturated rings. The fraction of sp³-hybridized carbons (Fsp3) is 0.390. The minimum absolute atomic E-state index is 0.0126. The van der Waals surface area contributed by atoms with Crippen molar-refractivity contribution in [2.24, 2.45) is 13.0 Å². The summed E-state index contributed by atoms with van der Waals surface area (Å²) in [5, 5.41) is 11.3. The standard InChI is InChI=1S/C41H40ClF6N9O5S2/c1-21-14-27-34(37(45)46)51-56(36(27)41(21,47)48)20-32(58)49-30(17-22-15-23(43)18-24(44)16-22)39-50-29-19-25(62-11-8-55-9-12-64(61)13-10-55)4-5-26(29)40(59)57(39)31-7-6-28(42)33-35(31)54(2)52-38(33)53-63(3)60/h4-7,15-16,18-19,21,30,37H,8-14,17,20H2,1-3H3,(H,49,58)(H,52,53). The molecule has 1 aliphatic heterocycles. The van der Waals surface area contributed by atoms with Crippen LogP contribution >= 0.6 is 11.6 Å². The number of aromatic nitrogens is 6. The van der Waals surface area contributed by atoms with Crippen LogP contribution in [0.2, 0.25) is 5.02 Å². The highest BCUT2D eigenvalue weighted by Crippen LogP contribution is 2.48. The second-order valence-corrected chi connectivity index (χ2v) is 18.9. The molecule has 8 rings (SSSR count). The number of carbonyl (C=O) groups is 1. The zero-order chi connectivity index (χ0) is 45.8. The highest BCUT2D eigenvalue weighted by molar-refractivity contribution is 7.92. The van der Waals surface area contributed by atoms with Gasteiger partial charge in [-0.15, -0.1) is 5.10 Å². The van der Waals surface area contributed by atoms with Crippen molar-refractivity contribution in [3.63, 3.8) is 0 Å². The van der Waals surface area contributed by atoms with Crippen molar-refractivity contribution in [2.45, 2.75) is 44.7 Å². The predicted octanol–water partition coefficient (Wildman–Crippen LogP) is 5.87. The minimum atomic E-state index is -3.61. The number of alkyl halides is 4. The average Bonchev–Trinajstić information content (AvgIpc) is 3.82. The Morgan fingerprint density at radius 3 is 2.50 bits per heavy atom. The third kappa shape index (κ3) is 8.99. The Bertz CT molecular complexity index is 2800. The van der Waals surface area contributed by atoms with Gasteiger partial charge < -0.3 is 19.2 Å². The average molecular weight is 952 g/mol. The van der Waals surface area contributed by atoms with Gasteiger partial charge in [-0.1, -0.05) is 29.7 Å². The molecule has 23 heteroatoms. The molecule has 3 aromatic heterocycles. The number of halogens is 7. The van der Waals surface area contributed by atoms with E-state index in [-0.39, 0.29) is 61.9 Å². The SMILES string of the molecule is CC1Cc2c(C(F)F)nn(CC(=O)NC(Cc3cc(F)cc(F)c3)c3nc4cc(OCCN5CC[S+]([O-])CC5)ccc4c(=O)n3-c3ccc(Cl)c4c(N[S+](C)[O-])nn(C)c34)c2C1(F)F. The van der Waals surface area contributed by atoms with Crippen LogP contribution in [0.1, 0.15) is 47.7 Å². The number of rotatable bonds is 14. The van der Waals surface area contributed by atoms with Crippen LogP contribution in [0.3, 0.4) is 0 Å². The molecule has 340 valence electrons. The third-order valence-electron chi connectivity index (χ3n) is 11.2. The first-order valence-electron chi connectivity index (χ1n) is 19.9. The van der Waals surface area contributed by atoms with Crippen molar-refractivity contribution in [1.29, 1.82) is 0 Å². The molecule has 3 unspecified atom stereocenters. The van der Waals surface area contributed by atoms with Crippen molar-refractivity contribution >= 4 is 67.7 Å². The molecule has 0 bridgehead atoms. The summed E-state index contributed by atoms with van der Waals surface area (Å²) in [7, 11) is 1.54. The van der Waals surface area contributed by atoms with Gasteiger partial charge in [-0.25, -0.2) is 22.5 Å². The number of nitrogens with one attached hydrogen (secondary N) is 2. The number of nitrogens with zero attached hydrogens (tertiary/aromatic N) is 7. The van der Waals surface area contributed by atoms with Gasteiger partial charge in [0.25, 0.3) is 17.9 Å². The number of carbonyl (C=O) groups excluding carboxylic acids is 1. The Hall–Kier alpha value is -5.00. The Morgan fingerprint density at radius 1 is 1.09 bits per heavy atom. The van der Waals surface area contributed by atoms with Gasteiger partial charge in [0.2, 0.25) is 11.7 Å². The Labute approximate surface area is 372 Å². The maximum Gasteiger partial charge on any atom is 0.292 e. The summed E-state index contributed by atoms with van der Waals surface area (Å²) in [6.07, 6.45) is -2.68. The molecule has 0 saturated carbocycles. The normalized spacial score (nSPS) is 17.6. The number of hydrogen-bond acceptors (Lipinski definition) is 10. The molecule has 6 aromatic rings. The van der Waals surface area contributed by atoms with Crippen molar-refractivity contribution < 1.29 is 45.0 Å². The fourth-order valence-electron chi connectivity index (χ4n) is 8.27. The maximum absolute atomic E-state index is 15.5. The van der Waals surface area contributed by atoms with Crippen LogP contribution in [0.4, 0.5) is 32.2 Å². The van der Waals surface area contributed by atoms with E-state index in [2.05, 4.69) is 25.1 Å². The second-order valence-electron chi connectivity index (χ2n) is 15.6. The predicted molar refractivity (Wildman–Crippen MR) is 229 cm³/mol. The molecule has 1 saturated heterocycles. The van der Waals surface area contributed by atoms with E-state index in [1.54, 1.807) is 13.1 Å². The molecule has 2 N–H and O–H groups in total. The molecule has 1 aliphatic carbocycles. The van der Waals surface area contributed by atoms with Crippen LogP contribution in [0.25, 0.3) is 27.5 Å². The van der Waals surface area contributed by atoms with E-state index in [0.717, 1.165) is 16.7 Å². The van der Waals surface area contributed by atoms with Crippen molar-refractivity contribution in [3.8, 4) is 11.4 Å². The van der Waals surface area contributed by atoms with Crippen LogP contribution in [0.5, 0.6) is 5.75 Å². The number of fused-ring (bicyclic) bond motifs is 3. The van der Waals surface area contributed by atoms with E-state index in [0.29, 0.717) is 47.6 Å². The lowest BCUT2D eigenvalue weighted by molar-refractivity contribution is -0.123. The summed E-state index contributed by atoms with van der Waals surface area (Å²) in [4.78, 5) is 36.1. The summed E-state index contributed by atoms with van der Waals surface area (Å²) in [5.74, 6) is -6.63. The van der Waals surface area contributed by atoms with E-state index in [4.69, 9.17) is 21.3 Å². The molecule has 4 heterocycles. The number of amides is 1. The monoisotopic (exact) mass is 951 g/mol. The first-order valence-corrected chi connectivity index (χ1v) is 23.3. The number of aryl methyl sites for hydroxylation is 1.